The Labute approximate surface area is 94.9 Å². The van der Waals surface area contributed by atoms with E-state index >= 15 is 0 Å². The second-order valence-corrected chi connectivity index (χ2v) is 3.51. The van der Waals surface area contributed by atoms with E-state index in [0.29, 0.717) is 0 Å². The molecule has 2 heteroatoms. The first kappa shape index (κ1) is 10.6. The Morgan fingerprint density at radius 1 is 1.19 bits per heavy atom. The highest BCUT2D eigenvalue weighted by atomic mass is 16.3. The van der Waals surface area contributed by atoms with Crippen molar-refractivity contribution in [1.82, 2.24) is 4.98 Å². The predicted molar refractivity (Wildman–Crippen MR) is 64.8 cm³/mol. The molecule has 2 nitrogen and oxygen atoms in total. The Morgan fingerprint density at radius 3 is 2.62 bits per heavy atom. The standard InChI is InChI=1S/C14H13NO/c1-2-14(16)13-10-15-9-8-12(13)11-6-4-3-5-7-11/h2-10,14,16H,1H2. The van der Waals surface area contributed by atoms with Gasteiger partial charge < -0.3 is 5.11 Å². The molecule has 2 aromatic rings. The van der Waals surface area contributed by atoms with Crippen LogP contribution in [0.4, 0.5) is 0 Å². The predicted octanol–water partition coefficient (Wildman–Crippen LogP) is 2.97. The van der Waals surface area contributed by atoms with Crippen molar-refractivity contribution in [2.75, 3.05) is 0 Å². The maximum Gasteiger partial charge on any atom is 0.0990 e. The number of aliphatic hydroxyl groups excluding tert-OH is 1. The number of nitrogens with zero attached hydrogens (tertiary/aromatic N) is 1. The van der Waals surface area contributed by atoms with Crippen molar-refractivity contribution < 1.29 is 5.11 Å². The summed E-state index contributed by atoms with van der Waals surface area (Å²) >= 11 is 0. The third-order valence-electron chi connectivity index (χ3n) is 2.48. The number of benzene rings is 1. The zero-order chi connectivity index (χ0) is 11.4. The number of pyridine rings is 1. The van der Waals surface area contributed by atoms with Crippen molar-refractivity contribution in [3.05, 3.63) is 67.0 Å². The van der Waals surface area contributed by atoms with Crippen LogP contribution in [0.1, 0.15) is 11.7 Å². The minimum atomic E-state index is -0.677. The molecule has 0 aliphatic carbocycles. The van der Waals surface area contributed by atoms with E-state index in [1.165, 1.54) is 6.08 Å². The number of hydrogen-bond acceptors (Lipinski definition) is 2. The van der Waals surface area contributed by atoms with Crippen LogP contribution in [0.25, 0.3) is 11.1 Å². The number of hydrogen-bond donors (Lipinski definition) is 1. The normalized spacial score (nSPS) is 12.1. The highest BCUT2D eigenvalue weighted by molar-refractivity contribution is 5.67. The summed E-state index contributed by atoms with van der Waals surface area (Å²) in [5, 5.41) is 9.81. The van der Waals surface area contributed by atoms with Crippen LogP contribution >= 0.6 is 0 Å². The average molecular weight is 211 g/mol. The molecule has 0 saturated carbocycles. The Bertz CT molecular complexity index is 479. The van der Waals surface area contributed by atoms with E-state index in [1.807, 2.05) is 36.4 Å². The summed E-state index contributed by atoms with van der Waals surface area (Å²) < 4.78 is 0. The van der Waals surface area contributed by atoms with E-state index in [1.54, 1.807) is 12.4 Å². The van der Waals surface area contributed by atoms with Gasteiger partial charge >= 0.3 is 0 Å². The lowest BCUT2D eigenvalue weighted by molar-refractivity contribution is 0.229. The number of aliphatic hydroxyl groups is 1. The maximum atomic E-state index is 9.81. The van der Waals surface area contributed by atoms with Gasteiger partial charge in [-0.2, -0.15) is 0 Å². The number of aromatic nitrogens is 1. The van der Waals surface area contributed by atoms with Gasteiger partial charge in [-0.05, 0) is 17.2 Å². The zero-order valence-electron chi connectivity index (χ0n) is 8.88. The average Bonchev–Trinajstić information content (AvgIpc) is 2.39. The summed E-state index contributed by atoms with van der Waals surface area (Å²) in [5.74, 6) is 0. The molecule has 1 heterocycles. The highest BCUT2D eigenvalue weighted by Gasteiger charge is 2.10. The topological polar surface area (TPSA) is 33.1 Å². The lowest BCUT2D eigenvalue weighted by Crippen LogP contribution is -1.97. The fraction of sp³-hybridized carbons (Fsp3) is 0.0714. The third kappa shape index (κ3) is 2.02. The molecule has 0 radical (unpaired) electrons. The van der Waals surface area contributed by atoms with Gasteiger partial charge in [0.15, 0.2) is 0 Å². The Balaban J connectivity index is 2.53. The summed E-state index contributed by atoms with van der Waals surface area (Å²) in [6.45, 7) is 3.59. The van der Waals surface area contributed by atoms with Crippen LogP contribution in [0.5, 0.6) is 0 Å². The molecule has 2 rings (SSSR count). The van der Waals surface area contributed by atoms with Crippen LogP contribution in [-0.2, 0) is 0 Å². The first-order chi connectivity index (χ1) is 7.83. The Kier molecular flexibility index (Phi) is 3.13. The van der Waals surface area contributed by atoms with Crippen molar-refractivity contribution in [3.8, 4) is 11.1 Å². The van der Waals surface area contributed by atoms with Gasteiger partial charge in [0.1, 0.15) is 0 Å². The smallest absolute Gasteiger partial charge is 0.0990 e. The minimum Gasteiger partial charge on any atom is -0.384 e. The summed E-state index contributed by atoms with van der Waals surface area (Å²) in [4.78, 5) is 4.03. The third-order valence-corrected chi connectivity index (χ3v) is 2.48. The van der Waals surface area contributed by atoms with E-state index in [0.717, 1.165) is 16.7 Å². The molecule has 16 heavy (non-hydrogen) atoms. The van der Waals surface area contributed by atoms with Crippen LogP contribution in [0.3, 0.4) is 0 Å². The van der Waals surface area contributed by atoms with Gasteiger partial charge in [0.2, 0.25) is 0 Å². The molecular formula is C14H13NO. The van der Waals surface area contributed by atoms with Crippen LogP contribution in [0, 0.1) is 0 Å². The van der Waals surface area contributed by atoms with E-state index in [4.69, 9.17) is 0 Å². The van der Waals surface area contributed by atoms with Crippen LogP contribution in [0.2, 0.25) is 0 Å². The number of rotatable bonds is 3. The molecule has 1 aromatic heterocycles. The summed E-state index contributed by atoms with van der Waals surface area (Å²) in [6.07, 6.45) is 4.23. The van der Waals surface area contributed by atoms with Crippen LogP contribution < -0.4 is 0 Å². The fourth-order valence-corrected chi connectivity index (χ4v) is 1.65. The molecule has 0 aliphatic heterocycles. The molecule has 80 valence electrons. The zero-order valence-corrected chi connectivity index (χ0v) is 8.88. The van der Waals surface area contributed by atoms with Gasteiger partial charge in [0, 0.05) is 18.0 Å². The maximum absolute atomic E-state index is 9.81. The molecule has 0 bridgehead atoms. The highest BCUT2D eigenvalue weighted by Crippen LogP contribution is 2.27. The Morgan fingerprint density at radius 2 is 1.94 bits per heavy atom. The molecule has 1 N–H and O–H groups in total. The van der Waals surface area contributed by atoms with E-state index in [9.17, 15) is 5.11 Å². The molecule has 0 aliphatic rings. The van der Waals surface area contributed by atoms with E-state index in [2.05, 4.69) is 11.6 Å². The second kappa shape index (κ2) is 4.73. The molecule has 0 saturated heterocycles. The van der Waals surface area contributed by atoms with Crippen molar-refractivity contribution in [3.63, 3.8) is 0 Å². The molecule has 1 unspecified atom stereocenters. The second-order valence-electron chi connectivity index (χ2n) is 3.51. The lowest BCUT2D eigenvalue weighted by Gasteiger charge is -2.11. The molecule has 0 amide bonds. The van der Waals surface area contributed by atoms with Gasteiger partial charge in [-0.15, -0.1) is 6.58 Å². The van der Waals surface area contributed by atoms with Gasteiger partial charge in [-0.3, -0.25) is 4.98 Å². The molecule has 0 spiro atoms. The monoisotopic (exact) mass is 211 g/mol. The van der Waals surface area contributed by atoms with Crippen LogP contribution in [0.15, 0.2) is 61.4 Å². The SMILES string of the molecule is C=CC(O)c1cnccc1-c1ccccc1. The molecule has 1 aromatic carbocycles. The van der Waals surface area contributed by atoms with Crippen LogP contribution in [-0.4, -0.2) is 10.1 Å². The van der Waals surface area contributed by atoms with Gasteiger partial charge in [0.25, 0.3) is 0 Å². The van der Waals surface area contributed by atoms with E-state index < -0.39 is 6.10 Å². The van der Waals surface area contributed by atoms with Crippen molar-refractivity contribution in [1.29, 1.82) is 0 Å². The summed E-state index contributed by atoms with van der Waals surface area (Å²) in [6, 6.07) is 11.8. The van der Waals surface area contributed by atoms with Crippen molar-refractivity contribution in [2.45, 2.75) is 6.10 Å². The van der Waals surface area contributed by atoms with E-state index in [-0.39, 0.29) is 0 Å². The van der Waals surface area contributed by atoms with Gasteiger partial charge in [0.05, 0.1) is 6.10 Å². The summed E-state index contributed by atoms with van der Waals surface area (Å²) in [7, 11) is 0. The van der Waals surface area contributed by atoms with Gasteiger partial charge in [-0.25, -0.2) is 0 Å². The largest absolute Gasteiger partial charge is 0.384 e. The quantitative estimate of drug-likeness (QED) is 0.792. The Hall–Kier alpha value is -1.93. The summed E-state index contributed by atoms with van der Waals surface area (Å²) in [5.41, 5.74) is 2.84. The molecule has 0 fully saturated rings. The first-order valence-corrected chi connectivity index (χ1v) is 5.13. The molecular weight excluding hydrogens is 198 g/mol. The van der Waals surface area contributed by atoms with Crippen molar-refractivity contribution >= 4 is 0 Å². The lowest BCUT2D eigenvalue weighted by atomic mass is 9.98. The minimum absolute atomic E-state index is 0.677. The van der Waals surface area contributed by atoms with Gasteiger partial charge in [-0.1, -0.05) is 36.4 Å². The molecule has 1 atom stereocenters. The van der Waals surface area contributed by atoms with Crippen molar-refractivity contribution in [2.24, 2.45) is 0 Å². The fourth-order valence-electron chi connectivity index (χ4n) is 1.65. The first-order valence-electron chi connectivity index (χ1n) is 5.13.